The van der Waals surface area contributed by atoms with Crippen LogP contribution in [0, 0.1) is 0 Å². The summed E-state index contributed by atoms with van der Waals surface area (Å²) in [5, 5.41) is 5.21. The summed E-state index contributed by atoms with van der Waals surface area (Å²) in [7, 11) is 0. The molecule has 0 amide bonds. The Morgan fingerprint density at radius 1 is 1.44 bits per heavy atom. The van der Waals surface area contributed by atoms with Crippen molar-refractivity contribution in [3.8, 4) is 0 Å². The van der Waals surface area contributed by atoms with Crippen molar-refractivity contribution < 1.29 is 13.2 Å². The molecule has 1 nitrogen and oxygen atoms in total. The Hall–Kier alpha value is -0.550. The van der Waals surface area contributed by atoms with Gasteiger partial charge in [0.25, 0.3) is 0 Å². The zero-order valence-corrected chi connectivity index (χ0v) is 10.00. The van der Waals surface area contributed by atoms with E-state index >= 15 is 0 Å². The van der Waals surface area contributed by atoms with Crippen molar-refractivity contribution in [1.29, 1.82) is 0 Å². The molecule has 1 unspecified atom stereocenters. The molecule has 0 saturated heterocycles. The molecule has 1 rings (SSSR count). The van der Waals surface area contributed by atoms with Crippen LogP contribution in [0.1, 0.15) is 31.1 Å². The zero-order chi connectivity index (χ0) is 12.0. The fourth-order valence-corrected chi connectivity index (χ4v) is 2.05. The average molecular weight is 251 g/mol. The van der Waals surface area contributed by atoms with E-state index < -0.39 is 12.6 Å². The Labute approximate surface area is 97.7 Å². The second kappa shape index (κ2) is 6.25. The van der Waals surface area contributed by atoms with Gasteiger partial charge < -0.3 is 5.32 Å². The Kier molecular flexibility index (Phi) is 5.28. The Balaban J connectivity index is 2.09. The first-order chi connectivity index (χ1) is 7.47. The van der Waals surface area contributed by atoms with Crippen LogP contribution in [-0.4, -0.2) is 12.2 Å². The van der Waals surface area contributed by atoms with Crippen molar-refractivity contribution in [1.82, 2.24) is 5.32 Å². The Morgan fingerprint density at radius 2 is 2.19 bits per heavy atom. The van der Waals surface area contributed by atoms with Crippen molar-refractivity contribution in [2.24, 2.45) is 0 Å². The van der Waals surface area contributed by atoms with Gasteiger partial charge in [-0.05, 0) is 31.2 Å². The zero-order valence-electron chi connectivity index (χ0n) is 9.18. The van der Waals surface area contributed by atoms with Crippen molar-refractivity contribution in [3.63, 3.8) is 0 Å². The lowest BCUT2D eigenvalue weighted by molar-refractivity contribution is -0.135. The monoisotopic (exact) mass is 251 g/mol. The van der Waals surface area contributed by atoms with Crippen LogP contribution in [0.4, 0.5) is 13.2 Å². The first-order valence-corrected chi connectivity index (χ1v) is 6.18. The fraction of sp³-hybridized carbons (Fsp3) is 0.636. The van der Waals surface area contributed by atoms with Gasteiger partial charge in [0.1, 0.15) is 0 Å². The molecule has 1 aromatic heterocycles. The van der Waals surface area contributed by atoms with Crippen LogP contribution >= 0.6 is 11.3 Å². The molecule has 16 heavy (non-hydrogen) atoms. The van der Waals surface area contributed by atoms with Crippen molar-refractivity contribution in [2.45, 2.75) is 44.9 Å². The summed E-state index contributed by atoms with van der Waals surface area (Å²) in [5.41, 5.74) is 0. The molecule has 5 heteroatoms. The SMILES string of the molecule is CC(CCCC(F)(F)F)NCc1cccs1. The number of halogens is 3. The van der Waals surface area contributed by atoms with Crippen molar-refractivity contribution in [3.05, 3.63) is 22.4 Å². The van der Waals surface area contributed by atoms with E-state index in [2.05, 4.69) is 5.32 Å². The van der Waals surface area contributed by atoms with Gasteiger partial charge in [-0.1, -0.05) is 6.07 Å². The van der Waals surface area contributed by atoms with E-state index in [1.807, 2.05) is 24.4 Å². The molecule has 0 aliphatic rings. The van der Waals surface area contributed by atoms with Crippen LogP contribution in [0.25, 0.3) is 0 Å². The maximum Gasteiger partial charge on any atom is 0.389 e. The fourth-order valence-electron chi connectivity index (χ4n) is 1.40. The van der Waals surface area contributed by atoms with Gasteiger partial charge in [0.15, 0.2) is 0 Å². The number of alkyl halides is 3. The van der Waals surface area contributed by atoms with E-state index in [0.717, 1.165) is 6.54 Å². The lowest BCUT2D eigenvalue weighted by atomic mass is 10.1. The number of rotatable bonds is 6. The van der Waals surface area contributed by atoms with E-state index in [1.165, 1.54) is 4.88 Å². The highest BCUT2D eigenvalue weighted by Gasteiger charge is 2.26. The third-order valence-corrected chi connectivity index (χ3v) is 3.18. The number of nitrogens with one attached hydrogen (secondary N) is 1. The molecular weight excluding hydrogens is 235 g/mol. The molecule has 0 aliphatic carbocycles. The third kappa shape index (κ3) is 6.12. The van der Waals surface area contributed by atoms with Crippen LogP contribution in [0.3, 0.4) is 0 Å². The molecule has 0 saturated carbocycles. The summed E-state index contributed by atoms with van der Waals surface area (Å²) in [6.07, 6.45) is -3.95. The largest absolute Gasteiger partial charge is 0.389 e. The summed E-state index contributed by atoms with van der Waals surface area (Å²) >= 11 is 1.65. The topological polar surface area (TPSA) is 12.0 Å². The van der Waals surface area contributed by atoms with Gasteiger partial charge in [-0.15, -0.1) is 11.3 Å². The number of hydrogen-bond acceptors (Lipinski definition) is 2. The molecule has 0 aromatic carbocycles. The molecule has 1 heterocycles. The minimum atomic E-state index is -4.02. The van der Waals surface area contributed by atoms with E-state index in [4.69, 9.17) is 0 Å². The molecule has 0 spiro atoms. The maximum atomic E-state index is 11.9. The van der Waals surface area contributed by atoms with Crippen LogP contribution in [-0.2, 0) is 6.54 Å². The molecular formula is C11H16F3NS. The highest BCUT2D eigenvalue weighted by molar-refractivity contribution is 7.09. The van der Waals surface area contributed by atoms with Gasteiger partial charge in [0, 0.05) is 23.9 Å². The summed E-state index contributed by atoms with van der Waals surface area (Å²) in [6.45, 7) is 2.66. The quantitative estimate of drug-likeness (QED) is 0.807. The van der Waals surface area contributed by atoms with E-state index in [9.17, 15) is 13.2 Å². The minimum Gasteiger partial charge on any atom is -0.309 e. The lowest BCUT2D eigenvalue weighted by Crippen LogP contribution is -2.25. The minimum absolute atomic E-state index is 0.129. The standard InChI is InChI=1S/C11H16F3NS/c1-9(4-2-6-11(12,13)14)15-8-10-5-3-7-16-10/h3,5,7,9,15H,2,4,6,8H2,1H3. The van der Waals surface area contributed by atoms with E-state index in [0.29, 0.717) is 6.42 Å². The van der Waals surface area contributed by atoms with Crippen LogP contribution < -0.4 is 5.32 Å². The summed E-state index contributed by atoms with van der Waals surface area (Å²) < 4.78 is 35.7. The second-order valence-electron chi connectivity index (χ2n) is 3.87. The molecule has 0 bridgehead atoms. The highest BCUT2D eigenvalue weighted by atomic mass is 32.1. The maximum absolute atomic E-state index is 11.9. The van der Waals surface area contributed by atoms with Crippen LogP contribution in [0.2, 0.25) is 0 Å². The van der Waals surface area contributed by atoms with Crippen molar-refractivity contribution in [2.75, 3.05) is 0 Å². The van der Waals surface area contributed by atoms with Gasteiger partial charge in [-0.25, -0.2) is 0 Å². The molecule has 1 N–H and O–H groups in total. The van der Waals surface area contributed by atoms with Gasteiger partial charge >= 0.3 is 6.18 Å². The number of thiophene rings is 1. The first-order valence-electron chi connectivity index (χ1n) is 5.30. The molecule has 0 fully saturated rings. The predicted molar refractivity (Wildman–Crippen MR) is 60.5 cm³/mol. The predicted octanol–water partition coefficient (Wildman–Crippen LogP) is 3.96. The highest BCUT2D eigenvalue weighted by Crippen LogP contribution is 2.22. The van der Waals surface area contributed by atoms with E-state index in [-0.39, 0.29) is 12.5 Å². The molecule has 1 atom stereocenters. The van der Waals surface area contributed by atoms with Gasteiger partial charge in [-0.2, -0.15) is 13.2 Å². The normalized spacial score (nSPS) is 14.0. The molecule has 0 aliphatic heterocycles. The van der Waals surface area contributed by atoms with Gasteiger partial charge in [0.2, 0.25) is 0 Å². The van der Waals surface area contributed by atoms with Crippen LogP contribution in [0.5, 0.6) is 0 Å². The Morgan fingerprint density at radius 3 is 2.75 bits per heavy atom. The smallest absolute Gasteiger partial charge is 0.309 e. The molecule has 0 radical (unpaired) electrons. The Bertz CT molecular complexity index is 282. The van der Waals surface area contributed by atoms with Crippen LogP contribution in [0.15, 0.2) is 17.5 Å². The number of hydrogen-bond donors (Lipinski definition) is 1. The summed E-state index contributed by atoms with van der Waals surface area (Å²) in [5.74, 6) is 0. The van der Waals surface area contributed by atoms with E-state index in [1.54, 1.807) is 11.3 Å². The van der Waals surface area contributed by atoms with Gasteiger partial charge in [-0.3, -0.25) is 0 Å². The van der Waals surface area contributed by atoms with Gasteiger partial charge in [0.05, 0.1) is 0 Å². The summed E-state index contributed by atoms with van der Waals surface area (Å²) in [4.78, 5) is 1.21. The molecule has 1 aromatic rings. The second-order valence-corrected chi connectivity index (χ2v) is 4.90. The third-order valence-electron chi connectivity index (χ3n) is 2.30. The summed E-state index contributed by atoms with van der Waals surface area (Å²) in [6, 6.07) is 4.11. The van der Waals surface area contributed by atoms with Crippen molar-refractivity contribution >= 4 is 11.3 Å². The molecule has 92 valence electrons. The lowest BCUT2D eigenvalue weighted by Gasteiger charge is -2.13. The first kappa shape index (κ1) is 13.5. The average Bonchev–Trinajstić information content (AvgIpc) is 2.65.